The van der Waals surface area contributed by atoms with E-state index in [-0.39, 0.29) is 17.6 Å². The first-order valence-corrected chi connectivity index (χ1v) is 8.17. The number of rotatable bonds is 3. The highest BCUT2D eigenvalue weighted by atomic mass is 35.5. The molecule has 0 radical (unpaired) electrons. The van der Waals surface area contributed by atoms with Crippen LogP contribution < -0.4 is 0 Å². The Labute approximate surface area is 140 Å². The summed E-state index contributed by atoms with van der Waals surface area (Å²) in [4.78, 5) is 27.0. The predicted molar refractivity (Wildman–Crippen MR) is 90.9 cm³/mol. The summed E-state index contributed by atoms with van der Waals surface area (Å²) in [5, 5.41) is 0.609. The number of nitrogens with zero attached hydrogens (tertiary/aromatic N) is 1. The molecule has 3 rings (SSSR count). The Kier molecular flexibility index (Phi) is 4.77. The number of hydrogen-bond donors (Lipinski definition) is 0. The summed E-state index contributed by atoms with van der Waals surface area (Å²) in [6.07, 6.45) is 1.68. The lowest BCUT2D eigenvalue weighted by molar-refractivity contribution is 0.0637. The Morgan fingerprint density at radius 2 is 1.65 bits per heavy atom. The van der Waals surface area contributed by atoms with Crippen LogP contribution in [0.2, 0.25) is 5.02 Å². The number of likely N-dealkylation sites (tertiary alicyclic amines) is 1. The molecule has 118 valence electrons. The fourth-order valence-electron chi connectivity index (χ4n) is 2.99. The Hall–Kier alpha value is -2.13. The van der Waals surface area contributed by atoms with Crippen LogP contribution in [0.5, 0.6) is 0 Å². The highest BCUT2D eigenvalue weighted by molar-refractivity contribution is 6.30. The van der Waals surface area contributed by atoms with Crippen molar-refractivity contribution in [3.63, 3.8) is 0 Å². The molecule has 23 heavy (non-hydrogen) atoms. The minimum Gasteiger partial charge on any atom is -0.338 e. The lowest BCUT2D eigenvalue weighted by Gasteiger charge is -2.32. The molecule has 0 aliphatic carbocycles. The molecule has 4 heteroatoms. The number of hydrogen-bond acceptors (Lipinski definition) is 2. The number of amides is 1. The second kappa shape index (κ2) is 6.97. The minimum absolute atomic E-state index is 0.0350. The van der Waals surface area contributed by atoms with Crippen LogP contribution in [0, 0.1) is 5.92 Å². The van der Waals surface area contributed by atoms with Crippen LogP contribution in [0.3, 0.4) is 0 Å². The van der Waals surface area contributed by atoms with E-state index in [0.717, 1.165) is 18.4 Å². The van der Waals surface area contributed by atoms with Gasteiger partial charge in [0.05, 0.1) is 0 Å². The number of ketones is 1. The minimum atomic E-state index is -0.123. The Morgan fingerprint density at radius 3 is 2.35 bits per heavy atom. The molecule has 2 aromatic carbocycles. The third kappa shape index (κ3) is 3.62. The van der Waals surface area contributed by atoms with E-state index in [2.05, 4.69) is 0 Å². The fourth-order valence-corrected chi connectivity index (χ4v) is 3.11. The molecule has 2 aromatic rings. The zero-order chi connectivity index (χ0) is 16.2. The van der Waals surface area contributed by atoms with Gasteiger partial charge < -0.3 is 4.90 Å². The summed E-state index contributed by atoms with van der Waals surface area (Å²) < 4.78 is 0. The third-order valence-electron chi connectivity index (χ3n) is 4.23. The normalized spacial score (nSPS) is 17.8. The zero-order valence-corrected chi connectivity index (χ0v) is 13.5. The molecule has 1 aliphatic rings. The van der Waals surface area contributed by atoms with Crippen LogP contribution in [0.15, 0.2) is 54.6 Å². The molecule has 1 unspecified atom stereocenters. The Morgan fingerprint density at radius 1 is 0.957 bits per heavy atom. The number of Topliss-reactive ketones (excluding diaryl/α,β-unsaturated/α-hetero) is 1. The summed E-state index contributed by atoms with van der Waals surface area (Å²) in [6, 6.07) is 16.2. The largest absolute Gasteiger partial charge is 0.338 e. The van der Waals surface area contributed by atoms with Gasteiger partial charge in [0.15, 0.2) is 5.78 Å². The van der Waals surface area contributed by atoms with E-state index >= 15 is 0 Å². The van der Waals surface area contributed by atoms with Gasteiger partial charge in [-0.1, -0.05) is 41.9 Å². The molecule has 1 heterocycles. The highest BCUT2D eigenvalue weighted by Crippen LogP contribution is 2.22. The van der Waals surface area contributed by atoms with Gasteiger partial charge in [-0.05, 0) is 37.1 Å². The van der Waals surface area contributed by atoms with Crippen molar-refractivity contribution < 1.29 is 9.59 Å². The monoisotopic (exact) mass is 327 g/mol. The van der Waals surface area contributed by atoms with Crippen LogP contribution in [0.4, 0.5) is 0 Å². The average Bonchev–Trinajstić information content (AvgIpc) is 2.62. The van der Waals surface area contributed by atoms with E-state index in [4.69, 9.17) is 11.6 Å². The molecule has 0 bridgehead atoms. The van der Waals surface area contributed by atoms with Crippen molar-refractivity contribution in [1.29, 1.82) is 0 Å². The van der Waals surface area contributed by atoms with Crippen molar-refractivity contribution in [3.05, 3.63) is 70.7 Å². The number of benzene rings is 2. The maximum absolute atomic E-state index is 12.6. The summed E-state index contributed by atoms with van der Waals surface area (Å²) in [5.74, 6) is -0.0335. The second-order valence-electron chi connectivity index (χ2n) is 5.83. The van der Waals surface area contributed by atoms with Crippen LogP contribution in [-0.4, -0.2) is 29.7 Å². The second-order valence-corrected chi connectivity index (χ2v) is 6.26. The van der Waals surface area contributed by atoms with Gasteiger partial charge in [-0.15, -0.1) is 0 Å². The van der Waals surface area contributed by atoms with E-state index < -0.39 is 0 Å². The van der Waals surface area contributed by atoms with E-state index in [9.17, 15) is 9.59 Å². The molecule has 1 fully saturated rings. The maximum Gasteiger partial charge on any atom is 0.253 e. The number of halogens is 1. The van der Waals surface area contributed by atoms with Gasteiger partial charge >= 0.3 is 0 Å². The molecule has 3 nitrogen and oxygen atoms in total. The molecule has 0 aromatic heterocycles. The number of carbonyl (C=O) groups is 2. The van der Waals surface area contributed by atoms with E-state index in [1.165, 1.54) is 0 Å². The van der Waals surface area contributed by atoms with Gasteiger partial charge in [0.2, 0.25) is 0 Å². The van der Waals surface area contributed by atoms with Gasteiger partial charge in [-0.3, -0.25) is 9.59 Å². The standard InChI is InChI=1S/C19H18ClNO2/c20-17-10-8-15(9-11-17)19(23)21-12-4-7-16(13-21)18(22)14-5-2-1-3-6-14/h1-3,5-6,8-11,16H,4,7,12-13H2. The zero-order valence-electron chi connectivity index (χ0n) is 12.7. The molecular weight excluding hydrogens is 310 g/mol. The van der Waals surface area contributed by atoms with E-state index in [1.807, 2.05) is 30.3 Å². The third-order valence-corrected chi connectivity index (χ3v) is 4.48. The summed E-state index contributed by atoms with van der Waals surface area (Å²) >= 11 is 5.87. The summed E-state index contributed by atoms with van der Waals surface area (Å²) in [5.41, 5.74) is 1.33. The van der Waals surface area contributed by atoms with Crippen molar-refractivity contribution in [2.24, 2.45) is 5.92 Å². The lowest BCUT2D eigenvalue weighted by atomic mass is 9.89. The first-order valence-electron chi connectivity index (χ1n) is 7.79. The highest BCUT2D eigenvalue weighted by Gasteiger charge is 2.29. The van der Waals surface area contributed by atoms with Crippen molar-refractivity contribution in [2.45, 2.75) is 12.8 Å². The van der Waals surface area contributed by atoms with Gasteiger partial charge in [0, 0.05) is 35.2 Å². The maximum atomic E-state index is 12.6. The molecular formula is C19H18ClNO2. The molecule has 0 saturated carbocycles. The van der Waals surface area contributed by atoms with Crippen molar-refractivity contribution in [3.8, 4) is 0 Å². The SMILES string of the molecule is O=C(c1ccccc1)C1CCCN(C(=O)c2ccc(Cl)cc2)C1. The molecule has 1 atom stereocenters. The predicted octanol–water partition coefficient (Wildman–Crippen LogP) is 4.08. The van der Waals surface area contributed by atoms with Gasteiger partial charge in [-0.2, -0.15) is 0 Å². The van der Waals surface area contributed by atoms with Crippen molar-refractivity contribution in [1.82, 2.24) is 4.90 Å². The van der Waals surface area contributed by atoms with Gasteiger partial charge in [0.25, 0.3) is 5.91 Å². The van der Waals surface area contributed by atoms with Crippen LogP contribution in [0.1, 0.15) is 33.6 Å². The van der Waals surface area contributed by atoms with Gasteiger partial charge in [-0.25, -0.2) is 0 Å². The smallest absolute Gasteiger partial charge is 0.253 e. The van der Waals surface area contributed by atoms with E-state index in [1.54, 1.807) is 29.2 Å². The Bertz CT molecular complexity index is 697. The molecule has 1 saturated heterocycles. The topological polar surface area (TPSA) is 37.4 Å². The fraction of sp³-hybridized carbons (Fsp3) is 0.263. The summed E-state index contributed by atoms with van der Waals surface area (Å²) in [6.45, 7) is 1.18. The quantitative estimate of drug-likeness (QED) is 0.797. The molecule has 0 spiro atoms. The van der Waals surface area contributed by atoms with Crippen molar-refractivity contribution in [2.75, 3.05) is 13.1 Å². The molecule has 1 aliphatic heterocycles. The van der Waals surface area contributed by atoms with Crippen LogP contribution in [-0.2, 0) is 0 Å². The van der Waals surface area contributed by atoms with Gasteiger partial charge in [0.1, 0.15) is 0 Å². The van der Waals surface area contributed by atoms with Crippen molar-refractivity contribution >= 4 is 23.3 Å². The first-order chi connectivity index (χ1) is 11.1. The Balaban J connectivity index is 1.72. The van der Waals surface area contributed by atoms with Crippen LogP contribution in [0.25, 0.3) is 0 Å². The van der Waals surface area contributed by atoms with E-state index in [0.29, 0.717) is 23.7 Å². The summed E-state index contributed by atoms with van der Waals surface area (Å²) in [7, 11) is 0. The lowest BCUT2D eigenvalue weighted by Crippen LogP contribution is -2.42. The molecule has 0 N–H and O–H groups in total. The molecule has 1 amide bonds. The number of carbonyl (C=O) groups excluding carboxylic acids is 2. The number of piperidine rings is 1. The van der Waals surface area contributed by atoms with Crippen LogP contribution >= 0.6 is 11.6 Å². The first kappa shape index (κ1) is 15.8. The average molecular weight is 328 g/mol.